The molecule has 1 aliphatic carbocycles. The number of rotatable bonds is 9. The number of fused-ring (bicyclic) bond motifs is 2. The highest BCUT2D eigenvalue weighted by Crippen LogP contribution is 2.42. The van der Waals surface area contributed by atoms with E-state index in [1.165, 1.54) is 12.1 Å². The maximum absolute atomic E-state index is 12.4. The summed E-state index contributed by atoms with van der Waals surface area (Å²) in [6, 6.07) is 20.2. The van der Waals surface area contributed by atoms with Gasteiger partial charge in [-0.25, -0.2) is 21.8 Å². The molecule has 0 atom stereocenters. The van der Waals surface area contributed by atoms with E-state index in [4.69, 9.17) is 9.72 Å². The van der Waals surface area contributed by atoms with E-state index in [9.17, 15) is 16.8 Å². The van der Waals surface area contributed by atoms with Crippen LogP contribution in [-0.4, -0.2) is 49.5 Å². The number of aromatic amines is 1. The normalized spacial score (nSPS) is 13.4. The van der Waals surface area contributed by atoms with E-state index in [0.717, 1.165) is 71.7 Å². The van der Waals surface area contributed by atoms with Gasteiger partial charge in [0.2, 0.25) is 26.0 Å². The Morgan fingerprint density at radius 3 is 2.19 bits per heavy atom. The van der Waals surface area contributed by atoms with E-state index in [0.29, 0.717) is 27.6 Å². The summed E-state index contributed by atoms with van der Waals surface area (Å²) in [6.45, 7) is 0.453. The van der Waals surface area contributed by atoms with Gasteiger partial charge in [0.1, 0.15) is 12.4 Å². The molecular formula is C30H30N6O5S2. The Hall–Kier alpha value is -4.49. The molecule has 0 saturated carbocycles. The van der Waals surface area contributed by atoms with Gasteiger partial charge in [0, 0.05) is 11.9 Å². The highest BCUT2D eigenvalue weighted by atomic mass is 32.3. The number of aromatic nitrogens is 4. The monoisotopic (exact) mass is 618 g/mol. The van der Waals surface area contributed by atoms with Crippen molar-refractivity contribution in [2.45, 2.75) is 32.3 Å². The number of nitrogens with zero attached hydrogens (tertiary/aromatic N) is 5. The van der Waals surface area contributed by atoms with Gasteiger partial charge in [0.05, 0.1) is 35.5 Å². The van der Waals surface area contributed by atoms with Crippen LogP contribution in [0.1, 0.15) is 29.5 Å². The number of hydrogen-bond acceptors (Lipinski definition) is 9. The minimum Gasteiger partial charge on any atom is -0.489 e. The lowest BCUT2D eigenvalue weighted by Crippen LogP contribution is -2.35. The molecule has 0 saturated heterocycles. The molecule has 6 rings (SSSR count). The molecule has 13 heteroatoms. The molecule has 0 amide bonds. The summed E-state index contributed by atoms with van der Waals surface area (Å²) in [5.74, 6) is 1.21. The highest BCUT2D eigenvalue weighted by Gasteiger charge is 2.29. The van der Waals surface area contributed by atoms with Crippen LogP contribution in [-0.2, 0) is 39.5 Å². The standard InChI is InChI=1S/C30H30N6O5S2/c1-42(37,38)36(43(2,39)40)24-14-12-23(13-15-24)35(30-31-18-22-19-32-34-29(22)33-30)27-16-17-28(26-11-7-6-10-25(26)27)41-20-21-8-4-3-5-9-21/h3-5,8-9,12-19H,6-7,10-11,20H2,1-2H3,(H,31,32,33,34). The van der Waals surface area contributed by atoms with Gasteiger partial charge in [-0.2, -0.15) is 13.8 Å². The minimum absolute atomic E-state index is 0.00493. The number of ether oxygens (including phenoxy) is 1. The molecule has 1 aliphatic rings. The maximum Gasteiger partial charge on any atom is 0.245 e. The quantitative estimate of drug-likeness (QED) is 0.242. The van der Waals surface area contributed by atoms with Crippen LogP contribution >= 0.6 is 0 Å². The van der Waals surface area contributed by atoms with Gasteiger partial charge in [-0.1, -0.05) is 30.3 Å². The third kappa shape index (κ3) is 5.90. The number of sulfonamides is 2. The molecule has 2 heterocycles. The van der Waals surface area contributed by atoms with Crippen molar-refractivity contribution >= 4 is 54.1 Å². The van der Waals surface area contributed by atoms with Crippen molar-refractivity contribution in [2.75, 3.05) is 21.1 Å². The van der Waals surface area contributed by atoms with Crippen LogP contribution in [0.2, 0.25) is 0 Å². The molecule has 0 aliphatic heterocycles. The van der Waals surface area contributed by atoms with E-state index in [2.05, 4.69) is 15.2 Å². The van der Waals surface area contributed by atoms with Gasteiger partial charge < -0.3 is 4.74 Å². The predicted molar refractivity (Wildman–Crippen MR) is 166 cm³/mol. The molecule has 0 fully saturated rings. The van der Waals surface area contributed by atoms with Gasteiger partial charge in [0.15, 0.2) is 5.65 Å². The summed E-state index contributed by atoms with van der Waals surface area (Å²) < 4.78 is 56.2. The SMILES string of the molecule is CS(=O)(=O)N(c1ccc(N(c2ncc3cn[nH]c3n2)c2ccc(OCc3ccccc3)c3c2CCCC3)cc1)S(C)(=O)=O. The third-order valence-corrected chi connectivity index (χ3v) is 10.5. The zero-order valence-electron chi connectivity index (χ0n) is 23.6. The molecule has 2 aromatic heterocycles. The van der Waals surface area contributed by atoms with Crippen LogP contribution in [0.3, 0.4) is 0 Å². The van der Waals surface area contributed by atoms with Crippen LogP contribution in [0.25, 0.3) is 11.0 Å². The Bertz CT molecular complexity index is 1960. The van der Waals surface area contributed by atoms with Gasteiger partial charge >= 0.3 is 0 Å². The number of hydrogen-bond donors (Lipinski definition) is 1. The van der Waals surface area contributed by atoms with Crippen LogP contribution in [0.4, 0.5) is 23.0 Å². The van der Waals surface area contributed by atoms with Crippen molar-refractivity contribution in [3.8, 4) is 5.75 Å². The van der Waals surface area contributed by atoms with Gasteiger partial charge in [0.25, 0.3) is 0 Å². The second-order valence-corrected chi connectivity index (χ2v) is 14.3. The Labute approximate surface area is 250 Å². The van der Waals surface area contributed by atoms with Crippen molar-refractivity contribution in [1.82, 2.24) is 20.2 Å². The Balaban J connectivity index is 1.46. The first-order chi connectivity index (χ1) is 20.6. The first-order valence-electron chi connectivity index (χ1n) is 13.7. The molecular weight excluding hydrogens is 589 g/mol. The van der Waals surface area contributed by atoms with Gasteiger partial charge in [-0.3, -0.25) is 10.00 Å². The minimum atomic E-state index is -4.09. The van der Waals surface area contributed by atoms with Gasteiger partial charge in [-0.05, 0) is 78.8 Å². The molecule has 0 radical (unpaired) electrons. The van der Waals surface area contributed by atoms with Crippen molar-refractivity contribution in [3.63, 3.8) is 0 Å². The molecule has 5 aromatic rings. The molecule has 43 heavy (non-hydrogen) atoms. The van der Waals surface area contributed by atoms with Crippen LogP contribution in [0, 0.1) is 0 Å². The second kappa shape index (κ2) is 11.3. The molecule has 3 aromatic carbocycles. The van der Waals surface area contributed by atoms with Gasteiger partial charge in [-0.15, -0.1) is 0 Å². The van der Waals surface area contributed by atoms with Crippen LogP contribution in [0.5, 0.6) is 5.75 Å². The number of H-pyrrole nitrogens is 1. The summed E-state index contributed by atoms with van der Waals surface area (Å²) >= 11 is 0. The van der Waals surface area contributed by atoms with Crippen LogP contribution < -0.4 is 13.3 Å². The van der Waals surface area contributed by atoms with E-state index in [1.807, 2.05) is 47.4 Å². The molecule has 0 spiro atoms. The highest BCUT2D eigenvalue weighted by molar-refractivity contribution is 8.09. The molecule has 0 bridgehead atoms. The number of anilines is 4. The van der Waals surface area contributed by atoms with Crippen molar-refractivity contribution in [2.24, 2.45) is 0 Å². The first kappa shape index (κ1) is 28.6. The van der Waals surface area contributed by atoms with E-state index in [1.54, 1.807) is 24.5 Å². The van der Waals surface area contributed by atoms with Crippen LogP contribution in [0.15, 0.2) is 79.1 Å². The molecule has 0 unspecified atom stereocenters. The van der Waals surface area contributed by atoms with E-state index < -0.39 is 20.0 Å². The van der Waals surface area contributed by atoms with E-state index >= 15 is 0 Å². The van der Waals surface area contributed by atoms with Crippen molar-refractivity contribution in [1.29, 1.82) is 0 Å². The fourth-order valence-corrected chi connectivity index (χ4v) is 8.42. The summed E-state index contributed by atoms with van der Waals surface area (Å²) in [5.41, 5.74) is 5.37. The largest absolute Gasteiger partial charge is 0.489 e. The lowest BCUT2D eigenvalue weighted by atomic mass is 9.89. The maximum atomic E-state index is 12.4. The lowest BCUT2D eigenvalue weighted by Gasteiger charge is -2.30. The summed E-state index contributed by atoms with van der Waals surface area (Å²) in [5, 5.41) is 7.71. The predicted octanol–water partition coefficient (Wildman–Crippen LogP) is 5.01. The van der Waals surface area contributed by atoms with Crippen molar-refractivity contribution in [3.05, 3.63) is 95.8 Å². The third-order valence-electron chi connectivity index (χ3n) is 7.24. The number of benzene rings is 3. The number of nitrogens with one attached hydrogen (secondary N) is 1. The molecule has 222 valence electrons. The molecule has 11 nitrogen and oxygen atoms in total. The summed E-state index contributed by atoms with van der Waals surface area (Å²) in [7, 11) is -8.18. The zero-order valence-corrected chi connectivity index (χ0v) is 25.3. The first-order valence-corrected chi connectivity index (χ1v) is 17.4. The topological polar surface area (TPSA) is 138 Å². The van der Waals surface area contributed by atoms with Crippen molar-refractivity contribution < 1.29 is 21.6 Å². The Kier molecular flexibility index (Phi) is 7.52. The summed E-state index contributed by atoms with van der Waals surface area (Å²) in [4.78, 5) is 11.3. The lowest BCUT2D eigenvalue weighted by molar-refractivity contribution is 0.301. The molecule has 1 N–H and O–H groups in total. The average Bonchev–Trinajstić information content (AvgIpc) is 3.45. The van der Waals surface area contributed by atoms with E-state index in [-0.39, 0.29) is 5.69 Å². The summed E-state index contributed by atoms with van der Waals surface area (Å²) in [6.07, 6.45) is 8.77. The zero-order chi connectivity index (χ0) is 30.2. The Morgan fingerprint density at radius 1 is 0.814 bits per heavy atom. The fraction of sp³-hybridized carbons (Fsp3) is 0.233. The Morgan fingerprint density at radius 2 is 1.49 bits per heavy atom. The smallest absolute Gasteiger partial charge is 0.245 e. The second-order valence-electron chi connectivity index (χ2n) is 10.4. The average molecular weight is 619 g/mol. The fourth-order valence-electron chi connectivity index (χ4n) is 5.45.